The van der Waals surface area contributed by atoms with E-state index in [1.54, 1.807) is 24.8 Å². The average molecular weight is 475 g/mol. The predicted molar refractivity (Wildman–Crippen MR) is 139 cm³/mol. The normalized spacial score (nSPS) is 11.4. The highest BCUT2D eigenvalue weighted by molar-refractivity contribution is 5.97. The van der Waals surface area contributed by atoms with Crippen LogP contribution in [0.4, 0.5) is 5.69 Å². The van der Waals surface area contributed by atoms with Crippen molar-refractivity contribution in [2.45, 2.75) is 13.8 Å². The second kappa shape index (κ2) is 8.70. The number of carbonyl (C=O) groups excluding carboxylic acids is 1. The van der Waals surface area contributed by atoms with Crippen molar-refractivity contribution < 1.29 is 4.79 Å². The predicted octanol–water partition coefficient (Wildman–Crippen LogP) is 5.22. The molecule has 5 aromatic heterocycles. The van der Waals surface area contributed by atoms with Crippen molar-refractivity contribution in [2.75, 3.05) is 5.32 Å². The van der Waals surface area contributed by atoms with Crippen LogP contribution >= 0.6 is 0 Å². The van der Waals surface area contributed by atoms with Gasteiger partial charge in [0.2, 0.25) is 5.91 Å². The molecule has 9 heteroatoms. The molecule has 0 aliphatic rings. The number of hydrogen-bond acceptors (Lipinski definition) is 6. The molecule has 0 unspecified atom stereocenters. The van der Waals surface area contributed by atoms with Crippen LogP contribution in [0.5, 0.6) is 0 Å². The first kappa shape index (κ1) is 21.6. The Morgan fingerprint density at radius 1 is 0.972 bits per heavy atom. The van der Waals surface area contributed by atoms with Gasteiger partial charge in [-0.05, 0) is 30.3 Å². The van der Waals surface area contributed by atoms with E-state index < -0.39 is 0 Å². The van der Waals surface area contributed by atoms with Crippen LogP contribution in [0.25, 0.3) is 56.0 Å². The molecule has 0 fully saturated rings. The van der Waals surface area contributed by atoms with Gasteiger partial charge >= 0.3 is 0 Å². The third-order valence-electron chi connectivity index (χ3n) is 5.96. The number of pyridine rings is 3. The number of nitrogens with zero attached hydrogens (tertiary/aromatic N) is 5. The Hall–Kier alpha value is -4.92. The lowest BCUT2D eigenvalue weighted by Gasteiger charge is -2.09. The van der Waals surface area contributed by atoms with Crippen LogP contribution in [0, 0.1) is 5.92 Å². The maximum absolute atomic E-state index is 12.1. The molecule has 1 aromatic carbocycles. The zero-order valence-electron chi connectivity index (χ0n) is 19.6. The highest BCUT2D eigenvalue weighted by Crippen LogP contribution is 2.32. The summed E-state index contributed by atoms with van der Waals surface area (Å²) in [6.45, 7) is 3.70. The van der Waals surface area contributed by atoms with Crippen LogP contribution in [0.2, 0.25) is 0 Å². The quantitative estimate of drug-likeness (QED) is 0.315. The third-order valence-corrected chi connectivity index (χ3v) is 5.96. The van der Waals surface area contributed by atoms with Crippen molar-refractivity contribution in [1.82, 2.24) is 35.1 Å². The van der Waals surface area contributed by atoms with Crippen LogP contribution in [0.1, 0.15) is 13.8 Å². The van der Waals surface area contributed by atoms with Crippen LogP contribution in [-0.4, -0.2) is 41.0 Å². The summed E-state index contributed by atoms with van der Waals surface area (Å²) >= 11 is 0. The Morgan fingerprint density at radius 3 is 2.69 bits per heavy atom. The maximum atomic E-state index is 12.1. The topological polar surface area (TPSA) is 125 Å². The maximum Gasteiger partial charge on any atom is 0.226 e. The summed E-state index contributed by atoms with van der Waals surface area (Å²) in [4.78, 5) is 33.7. The Morgan fingerprint density at radius 2 is 1.86 bits per heavy atom. The van der Waals surface area contributed by atoms with E-state index >= 15 is 0 Å². The molecule has 0 spiro atoms. The lowest BCUT2D eigenvalue weighted by atomic mass is 10.1. The first-order valence-electron chi connectivity index (χ1n) is 11.6. The number of nitrogens with one attached hydrogen (secondary N) is 3. The standard InChI is InChI=1S/C27H22N8O/c1-15(2)27(36)31-18-10-16(12-28-14-18)17-11-20-24(34-35-25(20)30-13-17)26-32-22-8-5-6-19(23(22)33-26)21-7-3-4-9-29-21/h3-15H,1-2H3,(H,31,36)(H,32,33)(H,30,34,35). The smallest absolute Gasteiger partial charge is 0.226 e. The van der Waals surface area contributed by atoms with E-state index in [4.69, 9.17) is 4.98 Å². The molecule has 0 saturated carbocycles. The number of para-hydroxylation sites is 1. The Labute approximate surface area is 206 Å². The second-order valence-corrected chi connectivity index (χ2v) is 8.80. The van der Waals surface area contributed by atoms with Gasteiger partial charge < -0.3 is 10.3 Å². The molecule has 176 valence electrons. The van der Waals surface area contributed by atoms with Gasteiger partial charge in [-0.15, -0.1) is 0 Å². The molecule has 0 bridgehead atoms. The number of benzene rings is 1. The summed E-state index contributed by atoms with van der Waals surface area (Å²) in [6.07, 6.45) is 6.89. The first-order valence-corrected chi connectivity index (χ1v) is 11.6. The van der Waals surface area contributed by atoms with Crippen molar-refractivity contribution in [1.29, 1.82) is 0 Å². The number of rotatable bonds is 5. The average Bonchev–Trinajstić information content (AvgIpc) is 3.53. The molecular weight excluding hydrogens is 452 g/mol. The SMILES string of the molecule is CC(C)C(=O)Nc1cncc(-c2cnc3n[nH]c(-c4nc5c(-c6ccccn6)cccc5[nH]4)c3c2)c1. The minimum absolute atomic E-state index is 0.0606. The molecule has 9 nitrogen and oxygen atoms in total. The molecule has 0 radical (unpaired) electrons. The molecular formula is C27H22N8O. The molecule has 6 aromatic rings. The third kappa shape index (κ3) is 3.86. The highest BCUT2D eigenvalue weighted by Gasteiger charge is 2.16. The summed E-state index contributed by atoms with van der Waals surface area (Å²) in [7, 11) is 0. The fourth-order valence-electron chi connectivity index (χ4n) is 4.07. The van der Waals surface area contributed by atoms with E-state index in [0.717, 1.165) is 44.5 Å². The van der Waals surface area contributed by atoms with Gasteiger partial charge in [-0.2, -0.15) is 5.10 Å². The number of anilines is 1. The highest BCUT2D eigenvalue weighted by atomic mass is 16.1. The van der Waals surface area contributed by atoms with Gasteiger partial charge in [-0.3, -0.25) is 19.9 Å². The van der Waals surface area contributed by atoms with E-state index in [9.17, 15) is 4.79 Å². The first-order chi connectivity index (χ1) is 17.6. The van der Waals surface area contributed by atoms with Crippen LogP contribution in [0.3, 0.4) is 0 Å². The zero-order valence-corrected chi connectivity index (χ0v) is 19.6. The minimum atomic E-state index is -0.123. The van der Waals surface area contributed by atoms with E-state index in [-0.39, 0.29) is 11.8 Å². The van der Waals surface area contributed by atoms with Gasteiger partial charge in [0, 0.05) is 41.2 Å². The Bertz CT molecular complexity index is 1720. The number of fused-ring (bicyclic) bond motifs is 2. The molecule has 0 aliphatic carbocycles. The number of carbonyl (C=O) groups is 1. The lowest BCUT2D eigenvalue weighted by Crippen LogP contribution is -2.17. The molecule has 36 heavy (non-hydrogen) atoms. The van der Waals surface area contributed by atoms with Crippen molar-refractivity contribution >= 4 is 33.7 Å². The summed E-state index contributed by atoms with van der Waals surface area (Å²) < 4.78 is 0. The molecule has 6 rings (SSSR count). The molecule has 1 amide bonds. The van der Waals surface area contributed by atoms with Gasteiger partial charge in [0.25, 0.3) is 0 Å². The molecule has 0 atom stereocenters. The zero-order chi connectivity index (χ0) is 24.6. The van der Waals surface area contributed by atoms with Gasteiger partial charge in [-0.25, -0.2) is 9.97 Å². The number of aromatic amines is 2. The summed E-state index contributed by atoms with van der Waals surface area (Å²) in [5.41, 5.74) is 7.17. The number of amides is 1. The van der Waals surface area contributed by atoms with E-state index in [0.29, 0.717) is 17.2 Å². The van der Waals surface area contributed by atoms with Crippen LogP contribution in [0.15, 0.2) is 73.3 Å². The number of imidazole rings is 1. The van der Waals surface area contributed by atoms with Crippen molar-refractivity contribution in [3.8, 4) is 33.9 Å². The fraction of sp³-hybridized carbons (Fsp3) is 0.111. The molecule has 3 N–H and O–H groups in total. The summed E-state index contributed by atoms with van der Waals surface area (Å²) in [5, 5.41) is 11.2. The molecule has 0 aliphatic heterocycles. The Kier molecular flexibility index (Phi) is 5.22. The van der Waals surface area contributed by atoms with Crippen LogP contribution < -0.4 is 5.32 Å². The monoisotopic (exact) mass is 474 g/mol. The number of hydrogen-bond donors (Lipinski definition) is 3. The summed E-state index contributed by atoms with van der Waals surface area (Å²) in [5.74, 6) is 0.475. The van der Waals surface area contributed by atoms with E-state index in [1.165, 1.54) is 0 Å². The van der Waals surface area contributed by atoms with E-state index in [1.807, 2.05) is 62.4 Å². The number of H-pyrrole nitrogens is 2. The van der Waals surface area contributed by atoms with Crippen molar-refractivity contribution in [2.24, 2.45) is 5.92 Å². The largest absolute Gasteiger partial charge is 0.337 e. The molecule has 5 heterocycles. The lowest BCUT2D eigenvalue weighted by molar-refractivity contribution is -0.118. The van der Waals surface area contributed by atoms with Crippen molar-refractivity contribution in [3.05, 3.63) is 73.3 Å². The summed E-state index contributed by atoms with van der Waals surface area (Å²) in [6, 6.07) is 15.7. The van der Waals surface area contributed by atoms with Gasteiger partial charge in [-0.1, -0.05) is 32.0 Å². The minimum Gasteiger partial charge on any atom is -0.337 e. The Balaban J connectivity index is 1.41. The number of aromatic nitrogens is 7. The molecule has 0 saturated heterocycles. The van der Waals surface area contributed by atoms with Gasteiger partial charge in [0.05, 0.1) is 34.0 Å². The van der Waals surface area contributed by atoms with Crippen molar-refractivity contribution in [3.63, 3.8) is 0 Å². The fourth-order valence-corrected chi connectivity index (χ4v) is 4.07. The van der Waals surface area contributed by atoms with Gasteiger partial charge in [0.1, 0.15) is 5.69 Å². The van der Waals surface area contributed by atoms with Gasteiger partial charge in [0.15, 0.2) is 11.5 Å². The van der Waals surface area contributed by atoms with Crippen LogP contribution in [-0.2, 0) is 4.79 Å². The van der Waals surface area contributed by atoms with E-state index in [2.05, 4.69) is 35.5 Å². The second-order valence-electron chi connectivity index (χ2n) is 8.80.